The van der Waals surface area contributed by atoms with Crippen molar-refractivity contribution >= 4 is 11.5 Å². The molecule has 0 saturated heterocycles. The first-order valence-electron chi connectivity index (χ1n) is 6.30. The van der Waals surface area contributed by atoms with Crippen LogP contribution in [0.2, 0.25) is 0 Å². The Balaban J connectivity index is 2.08. The highest BCUT2D eigenvalue weighted by atomic mass is 16.6. The number of nitrogens with zero attached hydrogens (tertiary/aromatic N) is 2. The largest absolute Gasteiger partial charge is 0.486 e. The molecule has 3 N–H and O–H groups in total. The molecule has 0 amide bonds. The number of hydrogen-bond donors (Lipinski definition) is 2. The molecule has 1 aliphatic rings. The molecule has 0 spiro atoms. The van der Waals surface area contributed by atoms with Gasteiger partial charge in [-0.1, -0.05) is 11.2 Å². The van der Waals surface area contributed by atoms with E-state index < -0.39 is 4.92 Å². The zero-order valence-corrected chi connectivity index (χ0v) is 11.2. The third kappa shape index (κ3) is 3.17. The maximum absolute atomic E-state index is 11.0. The van der Waals surface area contributed by atoms with Crippen LogP contribution in [0.3, 0.4) is 0 Å². The Hall–Kier alpha value is -2.31. The summed E-state index contributed by atoms with van der Waals surface area (Å²) in [6.45, 7) is 2.17. The predicted molar refractivity (Wildman–Crippen MR) is 73.0 cm³/mol. The summed E-state index contributed by atoms with van der Waals surface area (Å²) in [5.74, 6) is 0.422. The fourth-order valence-corrected chi connectivity index (χ4v) is 2.09. The maximum Gasteiger partial charge on any atom is 0.310 e. The quantitative estimate of drug-likeness (QED) is 0.272. The Labute approximate surface area is 116 Å². The fourth-order valence-electron chi connectivity index (χ4n) is 2.09. The van der Waals surface area contributed by atoms with Crippen LogP contribution in [0.1, 0.15) is 24.8 Å². The van der Waals surface area contributed by atoms with E-state index in [1.807, 2.05) is 6.92 Å². The van der Waals surface area contributed by atoms with Gasteiger partial charge in [0, 0.05) is 17.9 Å². The Kier molecular flexibility index (Phi) is 3.78. The molecule has 0 radical (unpaired) electrons. The lowest BCUT2D eigenvalue weighted by Gasteiger charge is -2.15. The molecule has 0 heterocycles. The molecular weight excluding hydrogens is 262 g/mol. The minimum atomic E-state index is -0.460. The van der Waals surface area contributed by atoms with E-state index >= 15 is 0 Å². The average Bonchev–Trinajstić information content (AvgIpc) is 3.16. The van der Waals surface area contributed by atoms with Gasteiger partial charge in [0.15, 0.2) is 5.75 Å². The summed E-state index contributed by atoms with van der Waals surface area (Å²) in [5.41, 5.74) is 6.20. The average molecular weight is 279 g/mol. The zero-order chi connectivity index (χ0) is 14.8. The number of nitrogens with two attached hydrogens (primary N) is 1. The summed E-state index contributed by atoms with van der Waals surface area (Å²) in [6.07, 6.45) is 2.24. The van der Waals surface area contributed by atoms with Gasteiger partial charge >= 0.3 is 5.69 Å². The van der Waals surface area contributed by atoms with Crippen LogP contribution < -0.4 is 10.5 Å². The number of benzene rings is 1. The molecule has 0 aliphatic heterocycles. The smallest absolute Gasteiger partial charge is 0.310 e. The second-order valence-electron chi connectivity index (χ2n) is 5.29. The van der Waals surface area contributed by atoms with Gasteiger partial charge in [-0.25, -0.2) is 0 Å². The summed E-state index contributed by atoms with van der Waals surface area (Å²) in [5, 5.41) is 22.5. The number of ether oxygens (including phenoxy) is 1. The van der Waals surface area contributed by atoms with E-state index in [2.05, 4.69) is 5.16 Å². The highest BCUT2D eigenvalue weighted by Crippen LogP contribution is 2.49. The van der Waals surface area contributed by atoms with Crippen molar-refractivity contribution < 1.29 is 14.9 Å². The molecule has 1 aromatic carbocycles. The van der Waals surface area contributed by atoms with Crippen molar-refractivity contribution in [3.63, 3.8) is 0 Å². The number of amidine groups is 1. The van der Waals surface area contributed by atoms with Crippen molar-refractivity contribution in [1.82, 2.24) is 0 Å². The summed E-state index contributed by atoms with van der Waals surface area (Å²) < 4.78 is 5.62. The van der Waals surface area contributed by atoms with Gasteiger partial charge in [-0.05, 0) is 31.4 Å². The van der Waals surface area contributed by atoms with Gasteiger partial charge in [0.05, 0.1) is 11.5 Å². The van der Waals surface area contributed by atoms with Crippen LogP contribution in [0.4, 0.5) is 5.69 Å². The minimum Gasteiger partial charge on any atom is -0.486 e. The topological polar surface area (TPSA) is 111 Å². The van der Waals surface area contributed by atoms with Gasteiger partial charge < -0.3 is 15.7 Å². The lowest BCUT2D eigenvalue weighted by molar-refractivity contribution is -0.385. The van der Waals surface area contributed by atoms with Gasteiger partial charge in [0.2, 0.25) is 0 Å². The zero-order valence-electron chi connectivity index (χ0n) is 11.2. The summed E-state index contributed by atoms with van der Waals surface area (Å²) in [7, 11) is 0. The maximum atomic E-state index is 11.0. The number of rotatable bonds is 6. The molecule has 1 fully saturated rings. The fraction of sp³-hybridized carbons (Fsp3) is 0.462. The molecule has 7 nitrogen and oxygen atoms in total. The first-order chi connectivity index (χ1) is 9.46. The Morgan fingerprint density at radius 2 is 2.30 bits per heavy atom. The molecule has 1 aliphatic carbocycles. The SMILES string of the molecule is Cc1ccc([N+](=O)[O-])c(OCC2(CC(N)=NO)CC2)c1. The summed E-state index contributed by atoms with van der Waals surface area (Å²) in [6, 6.07) is 4.76. The van der Waals surface area contributed by atoms with Crippen molar-refractivity contribution in [2.75, 3.05) is 6.61 Å². The highest BCUT2D eigenvalue weighted by Gasteiger charge is 2.44. The molecular formula is C13H17N3O4. The van der Waals surface area contributed by atoms with Gasteiger partial charge in [0.1, 0.15) is 5.84 Å². The standard InChI is InChI=1S/C13H17N3O4/c1-9-2-3-10(16(18)19)11(6-9)20-8-13(4-5-13)7-12(14)15-17/h2-3,6,17H,4-5,7-8H2,1H3,(H2,14,15). The normalized spacial score (nSPS) is 16.8. The second kappa shape index (κ2) is 5.36. The van der Waals surface area contributed by atoms with E-state index in [0.717, 1.165) is 18.4 Å². The predicted octanol–water partition coefficient (Wildman–Crippen LogP) is 2.20. The first kappa shape index (κ1) is 14.1. The van der Waals surface area contributed by atoms with Crippen molar-refractivity contribution in [1.29, 1.82) is 0 Å². The molecule has 0 bridgehead atoms. The van der Waals surface area contributed by atoms with Crippen LogP contribution in [-0.2, 0) is 0 Å². The van der Waals surface area contributed by atoms with Gasteiger partial charge in [-0.2, -0.15) is 0 Å². The summed E-state index contributed by atoms with van der Waals surface area (Å²) >= 11 is 0. The van der Waals surface area contributed by atoms with E-state index in [1.165, 1.54) is 6.07 Å². The number of nitro groups is 1. The van der Waals surface area contributed by atoms with Crippen LogP contribution in [0.15, 0.2) is 23.4 Å². The van der Waals surface area contributed by atoms with Crippen molar-refractivity contribution in [3.8, 4) is 5.75 Å². The Morgan fingerprint density at radius 1 is 1.60 bits per heavy atom. The lowest BCUT2D eigenvalue weighted by Crippen LogP contribution is -2.22. The van der Waals surface area contributed by atoms with Gasteiger partial charge in [0.25, 0.3) is 0 Å². The van der Waals surface area contributed by atoms with Crippen LogP contribution in [0.5, 0.6) is 5.75 Å². The molecule has 20 heavy (non-hydrogen) atoms. The van der Waals surface area contributed by atoms with E-state index in [1.54, 1.807) is 12.1 Å². The third-order valence-electron chi connectivity index (χ3n) is 3.49. The molecule has 1 saturated carbocycles. The van der Waals surface area contributed by atoms with Crippen LogP contribution >= 0.6 is 0 Å². The molecule has 108 valence electrons. The monoisotopic (exact) mass is 279 g/mol. The third-order valence-corrected chi connectivity index (χ3v) is 3.49. The number of oxime groups is 1. The first-order valence-corrected chi connectivity index (χ1v) is 6.30. The van der Waals surface area contributed by atoms with E-state index in [9.17, 15) is 10.1 Å². The summed E-state index contributed by atoms with van der Waals surface area (Å²) in [4.78, 5) is 10.5. The van der Waals surface area contributed by atoms with E-state index in [-0.39, 0.29) is 22.7 Å². The highest BCUT2D eigenvalue weighted by molar-refractivity contribution is 5.80. The van der Waals surface area contributed by atoms with Gasteiger partial charge in [-0.15, -0.1) is 0 Å². The van der Waals surface area contributed by atoms with Crippen LogP contribution in [-0.4, -0.2) is 22.6 Å². The number of hydrogen-bond acceptors (Lipinski definition) is 5. The lowest BCUT2D eigenvalue weighted by atomic mass is 10.0. The minimum absolute atomic E-state index is 0.0461. The molecule has 2 rings (SSSR count). The number of aryl methyl sites for hydroxylation is 1. The molecule has 1 aromatic rings. The van der Waals surface area contributed by atoms with E-state index in [4.69, 9.17) is 15.7 Å². The van der Waals surface area contributed by atoms with Crippen molar-refractivity contribution in [2.24, 2.45) is 16.3 Å². The Bertz CT molecular complexity index is 553. The van der Waals surface area contributed by atoms with Crippen LogP contribution in [0, 0.1) is 22.5 Å². The number of nitro benzene ring substituents is 1. The van der Waals surface area contributed by atoms with Crippen molar-refractivity contribution in [2.45, 2.75) is 26.2 Å². The van der Waals surface area contributed by atoms with E-state index in [0.29, 0.717) is 13.0 Å². The second-order valence-corrected chi connectivity index (χ2v) is 5.29. The van der Waals surface area contributed by atoms with Crippen LogP contribution in [0.25, 0.3) is 0 Å². The molecule has 0 aromatic heterocycles. The molecule has 0 unspecified atom stereocenters. The Morgan fingerprint density at radius 3 is 2.85 bits per heavy atom. The molecule has 0 atom stereocenters. The van der Waals surface area contributed by atoms with Crippen molar-refractivity contribution in [3.05, 3.63) is 33.9 Å². The molecule has 7 heteroatoms. The van der Waals surface area contributed by atoms with Gasteiger partial charge in [-0.3, -0.25) is 10.1 Å².